The van der Waals surface area contributed by atoms with Gasteiger partial charge in [0, 0.05) is 27.4 Å². The molecule has 0 radical (unpaired) electrons. The highest BCUT2D eigenvalue weighted by molar-refractivity contribution is 7.99. The molecule has 0 heterocycles. The van der Waals surface area contributed by atoms with Gasteiger partial charge in [0.05, 0.1) is 0 Å². The topological polar surface area (TPSA) is 12.0 Å². The van der Waals surface area contributed by atoms with Crippen molar-refractivity contribution in [2.75, 3.05) is 0 Å². The van der Waals surface area contributed by atoms with E-state index in [4.69, 9.17) is 11.6 Å². The largest absolute Gasteiger partial charge is 0.310 e. The van der Waals surface area contributed by atoms with Crippen LogP contribution in [0.5, 0.6) is 0 Å². The smallest absolute Gasteiger partial charge is 0.159 e. The fourth-order valence-corrected chi connectivity index (χ4v) is 3.15. The van der Waals surface area contributed by atoms with Crippen molar-refractivity contribution in [1.82, 2.24) is 5.32 Å². The highest BCUT2D eigenvalue weighted by Crippen LogP contribution is 2.32. The summed E-state index contributed by atoms with van der Waals surface area (Å²) in [5.41, 5.74) is 1.05. The number of hydrogen-bond donors (Lipinski definition) is 1. The van der Waals surface area contributed by atoms with Crippen LogP contribution in [-0.4, -0.2) is 6.04 Å². The van der Waals surface area contributed by atoms with E-state index in [0.717, 1.165) is 23.1 Å². The Morgan fingerprint density at radius 2 is 1.76 bits per heavy atom. The van der Waals surface area contributed by atoms with Gasteiger partial charge in [-0.3, -0.25) is 0 Å². The van der Waals surface area contributed by atoms with Gasteiger partial charge >= 0.3 is 0 Å². The van der Waals surface area contributed by atoms with Gasteiger partial charge in [-0.1, -0.05) is 29.4 Å². The van der Waals surface area contributed by atoms with Crippen molar-refractivity contribution < 1.29 is 8.78 Å². The maximum atomic E-state index is 13.2. The number of hydrogen-bond acceptors (Lipinski definition) is 2. The first-order chi connectivity index (χ1) is 10.1. The third-order valence-electron chi connectivity index (χ3n) is 3.31. The van der Waals surface area contributed by atoms with Crippen molar-refractivity contribution in [2.24, 2.45) is 0 Å². The molecule has 0 aliphatic heterocycles. The van der Waals surface area contributed by atoms with Gasteiger partial charge in [0.25, 0.3) is 0 Å². The summed E-state index contributed by atoms with van der Waals surface area (Å²) in [5.74, 6) is -1.67. The normalized spacial score (nSPS) is 14.4. The summed E-state index contributed by atoms with van der Waals surface area (Å²) in [6, 6.07) is 10.3. The van der Waals surface area contributed by atoms with E-state index < -0.39 is 11.6 Å². The van der Waals surface area contributed by atoms with Crippen LogP contribution >= 0.6 is 23.4 Å². The highest BCUT2D eigenvalue weighted by atomic mass is 35.5. The Morgan fingerprint density at radius 3 is 2.43 bits per heavy atom. The monoisotopic (exact) mass is 325 g/mol. The van der Waals surface area contributed by atoms with Gasteiger partial charge in [-0.05, 0) is 48.7 Å². The van der Waals surface area contributed by atoms with E-state index in [0.29, 0.717) is 16.0 Å². The molecule has 3 rings (SSSR count). The SMILES string of the molecule is Fc1ccc(Sc2ccc(CNC3CC3)c(Cl)c2)cc1F. The Kier molecular flexibility index (Phi) is 4.48. The summed E-state index contributed by atoms with van der Waals surface area (Å²) >= 11 is 7.63. The Bertz CT molecular complexity index is 659. The van der Waals surface area contributed by atoms with E-state index in [-0.39, 0.29) is 0 Å². The molecule has 0 spiro atoms. The van der Waals surface area contributed by atoms with Crippen LogP contribution in [0.2, 0.25) is 5.02 Å². The molecule has 21 heavy (non-hydrogen) atoms. The van der Waals surface area contributed by atoms with E-state index in [9.17, 15) is 8.78 Å². The molecule has 1 N–H and O–H groups in total. The summed E-state index contributed by atoms with van der Waals surface area (Å²) in [6.45, 7) is 0.764. The van der Waals surface area contributed by atoms with Gasteiger partial charge in [0.2, 0.25) is 0 Å². The first-order valence-corrected chi connectivity index (χ1v) is 7.96. The summed E-state index contributed by atoms with van der Waals surface area (Å²) in [5, 5.41) is 4.10. The van der Waals surface area contributed by atoms with E-state index in [1.807, 2.05) is 18.2 Å². The average molecular weight is 326 g/mol. The minimum atomic E-state index is -0.837. The second-order valence-corrected chi connectivity index (χ2v) is 6.64. The van der Waals surface area contributed by atoms with E-state index in [1.165, 1.54) is 30.7 Å². The standard InChI is InChI=1S/C16H14ClF2NS/c17-14-7-12(4-1-10(14)9-20-11-2-3-11)21-13-5-6-15(18)16(19)8-13/h1,4-8,11,20H,2-3,9H2. The first-order valence-electron chi connectivity index (χ1n) is 6.76. The van der Waals surface area contributed by atoms with Crippen LogP contribution in [-0.2, 0) is 6.54 Å². The van der Waals surface area contributed by atoms with E-state index >= 15 is 0 Å². The molecule has 5 heteroatoms. The molecular weight excluding hydrogens is 312 g/mol. The van der Waals surface area contributed by atoms with E-state index in [1.54, 1.807) is 6.07 Å². The zero-order valence-corrected chi connectivity index (χ0v) is 12.8. The van der Waals surface area contributed by atoms with Crippen molar-refractivity contribution in [3.63, 3.8) is 0 Å². The van der Waals surface area contributed by atoms with Crippen LogP contribution in [0.25, 0.3) is 0 Å². The average Bonchev–Trinajstić information content (AvgIpc) is 3.26. The molecule has 2 aromatic rings. The van der Waals surface area contributed by atoms with Crippen molar-refractivity contribution in [3.8, 4) is 0 Å². The number of rotatable bonds is 5. The first kappa shape index (κ1) is 14.8. The third-order valence-corrected chi connectivity index (χ3v) is 4.64. The Balaban J connectivity index is 1.70. The maximum absolute atomic E-state index is 13.2. The lowest BCUT2D eigenvalue weighted by Crippen LogP contribution is -2.15. The van der Waals surface area contributed by atoms with Crippen LogP contribution in [0.3, 0.4) is 0 Å². The lowest BCUT2D eigenvalue weighted by Gasteiger charge is -2.08. The van der Waals surface area contributed by atoms with Gasteiger partial charge in [0.1, 0.15) is 0 Å². The Hall–Kier alpha value is -1.10. The maximum Gasteiger partial charge on any atom is 0.159 e. The van der Waals surface area contributed by atoms with Crippen LogP contribution in [0.15, 0.2) is 46.2 Å². The fraction of sp³-hybridized carbons (Fsp3) is 0.250. The third kappa shape index (κ3) is 3.96. The van der Waals surface area contributed by atoms with Crippen LogP contribution in [0.1, 0.15) is 18.4 Å². The predicted octanol–water partition coefficient (Wildman–Crippen LogP) is 5.02. The second kappa shape index (κ2) is 6.34. The van der Waals surface area contributed by atoms with Crippen molar-refractivity contribution in [2.45, 2.75) is 35.2 Å². The molecule has 1 aliphatic rings. The molecular formula is C16H14ClF2NS. The van der Waals surface area contributed by atoms with Crippen molar-refractivity contribution in [1.29, 1.82) is 0 Å². The zero-order valence-electron chi connectivity index (χ0n) is 11.2. The molecule has 1 saturated carbocycles. The molecule has 0 bridgehead atoms. The van der Waals surface area contributed by atoms with Gasteiger partial charge < -0.3 is 5.32 Å². The van der Waals surface area contributed by atoms with Gasteiger partial charge in [-0.15, -0.1) is 0 Å². The molecule has 1 nitrogen and oxygen atoms in total. The lowest BCUT2D eigenvalue weighted by atomic mass is 10.2. The number of halogens is 3. The van der Waals surface area contributed by atoms with Crippen LogP contribution < -0.4 is 5.32 Å². The molecule has 0 aromatic heterocycles. The van der Waals surface area contributed by atoms with Crippen LogP contribution in [0, 0.1) is 11.6 Å². The summed E-state index contributed by atoms with van der Waals surface area (Å²) < 4.78 is 26.1. The lowest BCUT2D eigenvalue weighted by molar-refractivity contribution is 0.506. The quantitative estimate of drug-likeness (QED) is 0.828. The molecule has 1 fully saturated rings. The molecule has 1 aliphatic carbocycles. The van der Waals surface area contributed by atoms with Crippen molar-refractivity contribution >= 4 is 23.4 Å². The number of benzene rings is 2. The highest BCUT2D eigenvalue weighted by Gasteiger charge is 2.20. The predicted molar refractivity (Wildman–Crippen MR) is 81.8 cm³/mol. The fourth-order valence-electron chi connectivity index (χ4n) is 1.95. The van der Waals surface area contributed by atoms with Crippen LogP contribution in [0.4, 0.5) is 8.78 Å². The van der Waals surface area contributed by atoms with Gasteiger partial charge in [-0.2, -0.15) is 0 Å². The van der Waals surface area contributed by atoms with E-state index in [2.05, 4.69) is 5.32 Å². The molecule has 110 valence electrons. The summed E-state index contributed by atoms with van der Waals surface area (Å²) in [7, 11) is 0. The zero-order chi connectivity index (χ0) is 14.8. The molecule has 2 aromatic carbocycles. The molecule has 0 amide bonds. The molecule has 0 saturated heterocycles. The van der Waals surface area contributed by atoms with Crippen molar-refractivity contribution in [3.05, 3.63) is 58.6 Å². The Labute approximate surface area is 131 Å². The Morgan fingerprint density at radius 1 is 1.05 bits per heavy atom. The minimum absolute atomic E-state index is 0.636. The van der Waals surface area contributed by atoms with Gasteiger partial charge in [0.15, 0.2) is 11.6 Å². The van der Waals surface area contributed by atoms with Gasteiger partial charge in [-0.25, -0.2) is 8.78 Å². The molecule has 0 unspecified atom stereocenters. The molecule has 0 atom stereocenters. The number of nitrogens with one attached hydrogen (secondary N) is 1. The minimum Gasteiger partial charge on any atom is -0.310 e. The second-order valence-electron chi connectivity index (χ2n) is 5.09. The summed E-state index contributed by atoms with van der Waals surface area (Å²) in [4.78, 5) is 1.55. The summed E-state index contributed by atoms with van der Waals surface area (Å²) in [6.07, 6.45) is 2.48.